The van der Waals surface area contributed by atoms with Crippen LogP contribution in [0, 0.1) is 5.21 Å². The van der Waals surface area contributed by atoms with Crippen molar-refractivity contribution in [2.45, 2.75) is 0 Å². The first-order chi connectivity index (χ1) is 12.3. The average Bonchev–Trinajstić information content (AvgIpc) is 3.17. The van der Waals surface area contributed by atoms with Crippen molar-refractivity contribution in [2.24, 2.45) is 0 Å². The van der Waals surface area contributed by atoms with Crippen molar-refractivity contribution in [2.75, 3.05) is 5.32 Å². The largest absolute Gasteiger partial charge is 0.711 e. The van der Waals surface area contributed by atoms with Gasteiger partial charge in [0.15, 0.2) is 12.0 Å². The molecular weight excluding hydrogens is 322 g/mol. The molecule has 0 saturated heterocycles. The molecular formula is C16H11N7O2. The second kappa shape index (κ2) is 6.32. The molecule has 122 valence electrons. The molecule has 0 radical (unpaired) electrons. The summed E-state index contributed by atoms with van der Waals surface area (Å²) in [4.78, 5) is 20.8. The Bertz CT molecular complexity index is 991. The molecule has 0 spiro atoms. The first kappa shape index (κ1) is 14.7. The fourth-order valence-electron chi connectivity index (χ4n) is 2.26. The third-order valence-electron chi connectivity index (χ3n) is 3.32. The molecule has 0 bridgehead atoms. The van der Waals surface area contributed by atoms with Gasteiger partial charge in [-0.1, -0.05) is 4.98 Å². The van der Waals surface area contributed by atoms with Gasteiger partial charge in [0, 0.05) is 18.0 Å². The molecule has 0 amide bonds. The van der Waals surface area contributed by atoms with Crippen LogP contribution in [0.4, 0.5) is 11.6 Å². The summed E-state index contributed by atoms with van der Waals surface area (Å²) >= 11 is 0. The van der Waals surface area contributed by atoms with Crippen LogP contribution in [0.3, 0.4) is 0 Å². The minimum atomic E-state index is 0.303. The van der Waals surface area contributed by atoms with Gasteiger partial charge in [-0.05, 0) is 18.2 Å². The smallest absolute Gasteiger partial charge is 0.289 e. The van der Waals surface area contributed by atoms with E-state index in [-0.39, 0.29) is 0 Å². The fraction of sp³-hybridized carbons (Fsp3) is 0. The van der Waals surface area contributed by atoms with E-state index in [0.717, 1.165) is 6.33 Å². The third kappa shape index (κ3) is 3.11. The third-order valence-corrected chi connectivity index (χ3v) is 3.32. The normalized spacial score (nSPS) is 10.6. The van der Waals surface area contributed by atoms with Crippen LogP contribution >= 0.6 is 0 Å². The standard InChI is InChI=1S/C16H11N7O2/c24-23-8-11(6-18-10-23)21-16-19-7-12(13-3-4-17-9-20-13)15(22-16)14-2-1-5-25-14/h1-10H,(H,19,21,22). The Morgan fingerprint density at radius 2 is 2.08 bits per heavy atom. The zero-order chi connectivity index (χ0) is 17.1. The topological polar surface area (TPSA) is 117 Å². The fourth-order valence-corrected chi connectivity index (χ4v) is 2.26. The van der Waals surface area contributed by atoms with E-state index in [4.69, 9.17) is 4.42 Å². The number of nitrogens with one attached hydrogen (secondary N) is 1. The van der Waals surface area contributed by atoms with Crippen LogP contribution in [0.2, 0.25) is 0 Å². The van der Waals surface area contributed by atoms with Crippen LogP contribution in [-0.2, 0) is 0 Å². The van der Waals surface area contributed by atoms with Crippen molar-refractivity contribution in [1.82, 2.24) is 24.9 Å². The maximum Gasteiger partial charge on any atom is 0.289 e. The van der Waals surface area contributed by atoms with Crippen LogP contribution in [0.1, 0.15) is 0 Å². The van der Waals surface area contributed by atoms with Crippen molar-refractivity contribution >= 4 is 11.6 Å². The summed E-state index contributed by atoms with van der Waals surface area (Å²) in [5.41, 5.74) is 2.41. The van der Waals surface area contributed by atoms with E-state index in [9.17, 15) is 5.21 Å². The van der Waals surface area contributed by atoms with Crippen LogP contribution in [-0.4, -0.2) is 24.9 Å². The number of furan rings is 1. The number of hydrogen-bond donors (Lipinski definition) is 1. The lowest BCUT2D eigenvalue weighted by molar-refractivity contribution is -0.608. The van der Waals surface area contributed by atoms with Gasteiger partial charge in [-0.25, -0.2) is 24.7 Å². The summed E-state index contributed by atoms with van der Waals surface area (Å²) in [6.07, 6.45) is 10.3. The van der Waals surface area contributed by atoms with Gasteiger partial charge >= 0.3 is 0 Å². The Morgan fingerprint density at radius 3 is 2.84 bits per heavy atom. The molecule has 4 aromatic rings. The number of nitrogens with zero attached hydrogens (tertiary/aromatic N) is 6. The van der Waals surface area contributed by atoms with Crippen LogP contribution < -0.4 is 10.0 Å². The molecule has 4 rings (SSSR count). The van der Waals surface area contributed by atoms with Crippen molar-refractivity contribution in [3.63, 3.8) is 0 Å². The van der Waals surface area contributed by atoms with E-state index in [0.29, 0.717) is 39.1 Å². The van der Waals surface area contributed by atoms with Crippen molar-refractivity contribution in [3.05, 3.63) is 67.1 Å². The molecule has 4 heterocycles. The molecule has 4 aromatic heterocycles. The molecule has 0 atom stereocenters. The second-order valence-electron chi connectivity index (χ2n) is 4.99. The molecule has 0 fully saturated rings. The molecule has 1 N–H and O–H groups in total. The number of anilines is 2. The van der Waals surface area contributed by atoms with Gasteiger partial charge in [-0.3, -0.25) is 0 Å². The molecule has 0 saturated carbocycles. The molecule has 0 aliphatic carbocycles. The SMILES string of the molecule is [O-][n+]1cncc(Nc2ncc(-c3ccncn3)c(-c3ccco3)n2)c1. The highest BCUT2D eigenvalue weighted by molar-refractivity contribution is 5.76. The second-order valence-corrected chi connectivity index (χ2v) is 4.99. The Labute approximate surface area is 141 Å². The average molecular weight is 333 g/mol. The Kier molecular flexibility index (Phi) is 3.71. The van der Waals surface area contributed by atoms with Gasteiger partial charge in [-0.2, -0.15) is 0 Å². The molecule has 25 heavy (non-hydrogen) atoms. The molecule has 0 aliphatic heterocycles. The quantitative estimate of drug-likeness (QED) is 0.445. The minimum absolute atomic E-state index is 0.303. The maximum atomic E-state index is 11.3. The molecule has 0 aromatic carbocycles. The van der Waals surface area contributed by atoms with Crippen molar-refractivity contribution < 1.29 is 9.15 Å². The number of hydrogen-bond acceptors (Lipinski definition) is 8. The van der Waals surface area contributed by atoms with E-state index in [1.54, 1.807) is 36.9 Å². The molecule has 0 unspecified atom stereocenters. The van der Waals surface area contributed by atoms with E-state index in [2.05, 4.69) is 30.2 Å². The Hall–Kier alpha value is -3.88. The first-order valence-corrected chi connectivity index (χ1v) is 7.28. The lowest BCUT2D eigenvalue weighted by atomic mass is 10.1. The zero-order valence-corrected chi connectivity index (χ0v) is 12.8. The lowest BCUT2D eigenvalue weighted by Gasteiger charge is -2.09. The summed E-state index contributed by atoms with van der Waals surface area (Å²) in [5.74, 6) is 0.876. The molecule has 0 aliphatic rings. The summed E-state index contributed by atoms with van der Waals surface area (Å²) in [6.45, 7) is 0. The molecule has 9 heteroatoms. The maximum absolute atomic E-state index is 11.3. The number of aromatic nitrogens is 6. The van der Waals surface area contributed by atoms with E-state index >= 15 is 0 Å². The first-order valence-electron chi connectivity index (χ1n) is 7.28. The van der Waals surface area contributed by atoms with E-state index in [1.165, 1.54) is 18.7 Å². The van der Waals surface area contributed by atoms with Gasteiger partial charge in [0.25, 0.3) is 6.33 Å². The summed E-state index contributed by atoms with van der Waals surface area (Å²) in [7, 11) is 0. The van der Waals surface area contributed by atoms with Crippen molar-refractivity contribution in [3.8, 4) is 22.7 Å². The monoisotopic (exact) mass is 333 g/mol. The van der Waals surface area contributed by atoms with Gasteiger partial charge in [0.05, 0.1) is 12.0 Å². The van der Waals surface area contributed by atoms with Crippen LogP contribution in [0.15, 0.2) is 66.3 Å². The Balaban J connectivity index is 1.77. The predicted octanol–water partition coefficient (Wildman–Crippen LogP) is 1.97. The van der Waals surface area contributed by atoms with E-state index in [1.807, 2.05) is 0 Å². The Morgan fingerprint density at radius 1 is 1.12 bits per heavy atom. The van der Waals surface area contributed by atoms with Gasteiger partial charge in [0.1, 0.15) is 23.9 Å². The highest BCUT2D eigenvalue weighted by atomic mass is 16.5. The summed E-state index contributed by atoms with van der Waals surface area (Å²) in [5, 5.41) is 14.3. The number of rotatable bonds is 4. The highest BCUT2D eigenvalue weighted by Crippen LogP contribution is 2.30. The van der Waals surface area contributed by atoms with Gasteiger partial charge in [-0.15, -0.1) is 0 Å². The molecule has 9 nitrogen and oxygen atoms in total. The lowest BCUT2D eigenvalue weighted by Crippen LogP contribution is -2.25. The summed E-state index contributed by atoms with van der Waals surface area (Å²) < 4.78 is 6.07. The van der Waals surface area contributed by atoms with Crippen LogP contribution in [0.5, 0.6) is 0 Å². The van der Waals surface area contributed by atoms with Gasteiger partial charge in [0.2, 0.25) is 5.95 Å². The van der Waals surface area contributed by atoms with Gasteiger partial charge < -0.3 is 14.9 Å². The highest BCUT2D eigenvalue weighted by Gasteiger charge is 2.15. The minimum Gasteiger partial charge on any atom is -0.711 e. The van der Waals surface area contributed by atoms with Crippen LogP contribution in [0.25, 0.3) is 22.7 Å². The van der Waals surface area contributed by atoms with E-state index < -0.39 is 0 Å². The van der Waals surface area contributed by atoms with Crippen molar-refractivity contribution in [1.29, 1.82) is 0 Å². The zero-order valence-electron chi connectivity index (χ0n) is 12.8. The predicted molar refractivity (Wildman–Crippen MR) is 87.2 cm³/mol. The summed E-state index contributed by atoms with van der Waals surface area (Å²) in [6, 6.07) is 5.34.